The number of rotatable bonds is 2. The number of hydrogen-bond donors (Lipinski definition) is 0. The van der Waals surface area contributed by atoms with Crippen LogP contribution < -0.4 is 4.74 Å². The second-order valence-corrected chi connectivity index (χ2v) is 3.38. The first kappa shape index (κ1) is 8.95. The largest absolute Gasteiger partial charge is 0.474 e. The molecule has 4 heteroatoms. The van der Waals surface area contributed by atoms with Gasteiger partial charge < -0.3 is 4.74 Å². The van der Waals surface area contributed by atoms with Crippen LogP contribution in [0, 0.1) is 11.3 Å². The van der Waals surface area contributed by atoms with Crippen LogP contribution in [0.1, 0.15) is 31.4 Å². The molecular weight excluding hydrogens is 178 g/mol. The summed E-state index contributed by atoms with van der Waals surface area (Å²) in [4.78, 5) is 7.75. The maximum Gasteiger partial charge on any atom is 0.217 e. The SMILES string of the molecule is N#Cc1cc(OC2CCCC2)ncn1. The molecule has 0 amide bonds. The molecule has 1 heterocycles. The van der Waals surface area contributed by atoms with Crippen LogP contribution in [0.25, 0.3) is 0 Å². The van der Waals surface area contributed by atoms with Crippen molar-refractivity contribution in [1.29, 1.82) is 5.26 Å². The molecule has 0 N–H and O–H groups in total. The van der Waals surface area contributed by atoms with Gasteiger partial charge in [0.25, 0.3) is 0 Å². The molecule has 1 aliphatic carbocycles. The number of nitriles is 1. The second kappa shape index (κ2) is 4.05. The quantitative estimate of drug-likeness (QED) is 0.710. The molecule has 1 aromatic rings. The standard InChI is InChI=1S/C10H11N3O/c11-6-8-5-10(13-7-12-8)14-9-3-1-2-4-9/h5,7,9H,1-4H2. The van der Waals surface area contributed by atoms with Gasteiger partial charge in [0.05, 0.1) is 0 Å². The fourth-order valence-corrected chi connectivity index (χ4v) is 1.64. The Hall–Kier alpha value is -1.63. The average molecular weight is 189 g/mol. The lowest BCUT2D eigenvalue weighted by molar-refractivity contribution is 0.201. The number of aromatic nitrogens is 2. The van der Waals surface area contributed by atoms with Crippen LogP contribution in [0.2, 0.25) is 0 Å². The predicted octanol–water partition coefficient (Wildman–Crippen LogP) is 1.67. The van der Waals surface area contributed by atoms with Gasteiger partial charge in [0.15, 0.2) is 0 Å². The molecule has 1 fully saturated rings. The third-order valence-electron chi connectivity index (χ3n) is 2.35. The van der Waals surface area contributed by atoms with Gasteiger partial charge in [0.2, 0.25) is 5.88 Å². The molecule has 1 aromatic heterocycles. The van der Waals surface area contributed by atoms with E-state index in [4.69, 9.17) is 10.00 Å². The van der Waals surface area contributed by atoms with Gasteiger partial charge in [-0.25, -0.2) is 9.97 Å². The summed E-state index contributed by atoms with van der Waals surface area (Å²) in [5, 5.41) is 8.63. The van der Waals surface area contributed by atoms with E-state index in [1.807, 2.05) is 6.07 Å². The summed E-state index contributed by atoms with van der Waals surface area (Å²) in [6.45, 7) is 0. The predicted molar refractivity (Wildman–Crippen MR) is 49.6 cm³/mol. The minimum atomic E-state index is 0.274. The number of hydrogen-bond acceptors (Lipinski definition) is 4. The van der Waals surface area contributed by atoms with Crippen molar-refractivity contribution in [3.8, 4) is 11.9 Å². The first-order valence-electron chi connectivity index (χ1n) is 4.77. The normalized spacial score (nSPS) is 16.5. The van der Waals surface area contributed by atoms with Crippen molar-refractivity contribution < 1.29 is 4.74 Å². The monoisotopic (exact) mass is 189 g/mol. The van der Waals surface area contributed by atoms with E-state index in [2.05, 4.69) is 9.97 Å². The fourth-order valence-electron chi connectivity index (χ4n) is 1.64. The van der Waals surface area contributed by atoms with Gasteiger partial charge in [-0.15, -0.1) is 0 Å². The van der Waals surface area contributed by atoms with Gasteiger partial charge in [-0.3, -0.25) is 0 Å². The van der Waals surface area contributed by atoms with Gasteiger partial charge in [-0.2, -0.15) is 5.26 Å². The Labute approximate surface area is 82.6 Å². The summed E-state index contributed by atoms with van der Waals surface area (Å²) in [5.74, 6) is 0.517. The molecule has 1 aliphatic rings. The average Bonchev–Trinajstić information content (AvgIpc) is 2.71. The molecule has 0 unspecified atom stereocenters. The van der Waals surface area contributed by atoms with Crippen LogP contribution in [-0.4, -0.2) is 16.1 Å². The van der Waals surface area contributed by atoms with Crippen molar-refractivity contribution in [2.75, 3.05) is 0 Å². The molecule has 0 bridgehead atoms. The van der Waals surface area contributed by atoms with E-state index in [-0.39, 0.29) is 6.10 Å². The molecule has 0 saturated heterocycles. The highest BCUT2D eigenvalue weighted by molar-refractivity contribution is 5.24. The lowest BCUT2D eigenvalue weighted by Gasteiger charge is -2.10. The van der Waals surface area contributed by atoms with Crippen molar-refractivity contribution in [2.45, 2.75) is 31.8 Å². The summed E-state index contributed by atoms with van der Waals surface area (Å²) in [6, 6.07) is 3.54. The Bertz CT molecular complexity index is 353. The van der Waals surface area contributed by atoms with Crippen LogP contribution in [0.4, 0.5) is 0 Å². The molecule has 0 aromatic carbocycles. The minimum Gasteiger partial charge on any atom is -0.474 e. The van der Waals surface area contributed by atoms with E-state index >= 15 is 0 Å². The maximum atomic E-state index is 8.63. The zero-order chi connectivity index (χ0) is 9.80. The van der Waals surface area contributed by atoms with Crippen molar-refractivity contribution in [3.63, 3.8) is 0 Å². The highest BCUT2D eigenvalue weighted by Gasteiger charge is 2.16. The van der Waals surface area contributed by atoms with E-state index in [9.17, 15) is 0 Å². The zero-order valence-electron chi connectivity index (χ0n) is 7.81. The lowest BCUT2D eigenvalue weighted by atomic mass is 10.3. The van der Waals surface area contributed by atoms with Gasteiger partial charge in [-0.05, 0) is 25.7 Å². The third-order valence-corrected chi connectivity index (χ3v) is 2.35. The number of nitrogens with zero attached hydrogens (tertiary/aromatic N) is 3. The molecule has 4 nitrogen and oxygen atoms in total. The van der Waals surface area contributed by atoms with E-state index < -0.39 is 0 Å². The summed E-state index contributed by atoms with van der Waals surface area (Å²) in [7, 11) is 0. The van der Waals surface area contributed by atoms with Gasteiger partial charge in [0.1, 0.15) is 24.2 Å². The number of ether oxygens (including phenoxy) is 1. The van der Waals surface area contributed by atoms with Crippen LogP contribution in [-0.2, 0) is 0 Å². The molecule has 0 radical (unpaired) electrons. The van der Waals surface area contributed by atoms with Crippen molar-refractivity contribution in [3.05, 3.63) is 18.1 Å². The highest BCUT2D eigenvalue weighted by Crippen LogP contribution is 2.22. The first-order valence-corrected chi connectivity index (χ1v) is 4.77. The Morgan fingerprint density at radius 2 is 2.14 bits per heavy atom. The van der Waals surface area contributed by atoms with Gasteiger partial charge in [0, 0.05) is 6.07 Å². The topological polar surface area (TPSA) is 58.8 Å². The third kappa shape index (κ3) is 1.99. The van der Waals surface area contributed by atoms with Gasteiger partial charge in [-0.1, -0.05) is 0 Å². The summed E-state index contributed by atoms with van der Waals surface area (Å²) in [5.41, 5.74) is 0.355. The van der Waals surface area contributed by atoms with Crippen LogP contribution in [0.15, 0.2) is 12.4 Å². The summed E-state index contributed by atoms with van der Waals surface area (Å²) >= 11 is 0. The Morgan fingerprint density at radius 1 is 1.36 bits per heavy atom. The van der Waals surface area contributed by atoms with Crippen molar-refractivity contribution in [2.24, 2.45) is 0 Å². The molecule has 2 rings (SSSR count). The van der Waals surface area contributed by atoms with Crippen LogP contribution in [0.5, 0.6) is 5.88 Å². The first-order chi connectivity index (χ1) is 6.88. The summed E-state index contributed by atoms with van der Waals surface area (Å²) < 4.78 is 5.62. The van der Waals surface area contributed by atoms with Crippen LogP contribution in [0.3, 0.4) is 0 Å². The molecule has 72 valence electrons. The molecule has 14 heavy (non-hydrogen) atoms. The smallest absolute Gasteiger partial charge is 0.217 e. The zero-order valence-corrected chi connectivity index (χ0v) is 7.81. The molecule has 1 saturated carbocycles. The van der Waals surface area contributed by atoms with E-state index in [0.29, 0.717) is 11.6 Å². The van der Waals surface area contributed by atoms with E-state index in [0.717, 1.165) is 12.8 Å². The van der Waals surface area contributed by atoms with E-state index in [1.165, 1.54) is 19.2 Å². The Kier molecular flexibility index (Phi) is 2.59. The van der Waals surface area contributed by atoms with Crippen molar-refractivity contribution in [1.82, 2.24) is 9.97 Å². The molecular formula is C10H11N3O. The summed E-state index contributed by atoms with van der Waals surface area (Å²) in [6.07, 6.45) is 6.26. The lowest BCUT2D eigenvalue weighted by Crippen LogP contribution is -2.12. The minimum absolute atomic E-state index is 0.274. The van der Waals surface area contributed by atoms with Crippen molar-refractivity contribution >= 4 is 0 Å². The Morgan fingerprint density at radius 3 is 2.86 bits per heavy atom. The van der Waals surface area contributed by atoms with Gasteiger partial charge >= 0.3 is 0 Å². The fraction of sp³-hybridized carbons (Fsp3) is 0.500. The van der Waals surface area contributed by atoms with Crippen LogP contribution >= 0.6 is 0 Å². The highest BCUT2D eigenvalue weighted by atomic mass is 16.5. The van der Waals surface area contributed by atoms with E-state index in [1.54, 1.807) is 6.07 Å². The molecule has 0 spiro atoms. The second-order valence-electron chi connectivity index (χ2n) is 3.38. The molecule has 0 atom stereocenters. The maximum absolute atomic E-state index is 8.63. The Balaban J connectivity index is 2.05. The molecule has 0 aliphatic heterocycles.